The van der Waals surface area contributed by atoms with E-state index in [1.54, 1.807) is 29.2 Å². The van der Waals surface area contributed by atoms with Crippen molar-refractivity contribution in [3.8, 4) is 11.6 Å². The van der Waals surface area contributed by atoms with Gasteiger partial charge >= 0.3 is 0 Å². The molecule has 4 heterocycles. The molecule has 0 aliphatic carbocycles. The molecule has 0 saturated carbocycles. The third kappa shape index (κ3) is 2.35. The number of aryl methyl sites for hydroxylation is 1. The number of aromatic nitrogens is 6. The lowest BCUT2D eigenvalue weighted by atomic mass is 9.86. The number of hydrogen-bond donors (Lipinski definition) is 3. The van der Waals surface area contributed by atoms with E-state index in [2.05, 4.69) is 30.4 Å². The largest absolute Gasteiger partial charge is 0.508 e. The molecule has 1 aliphatic rings. The number of rotatable bonds is 2. The first-order chi connectivity index (χ1) is 13.1. The Morgan fingerprint density at radius 3 is 3.00 bits per heavy atom. The molecule has 1 aromatic carbocycles. The maximum absolute atomic E-state index is 12.4. The van der Waals surface area contributed by atoms with Gasteiger partial charge < -0.3 is 15.4 Å². The van der Waals surface area contributed by atoms with Crippen LogP contribution in [0.4, 0.5) is 5.82 Å². The number of carbonyl (C=O) groups excluding carboxylic acids is 1. The van der Waals surface area contributed by atoms with Gasteiger partial charge in [-0.1, -0.05) is 12.1 Å². The van der Waals surface area contributed by atoms with Crippen molar-refractivity contribution in [2.24, 2.45) is 0 Å². The van der Waals surface area contributed by atoms with E-state index in [4.69, 9.17) is 0 Å². The van der Waals surface area contributed by atoms with Gasteiger partial charge in [0.15, 0.2) is 11.5 Å². The molecule has 0 spiro atoms. The van der Waals surface area contributed by atoms with Gasteiger partial charge in [0.25, 0.3) is 0 Å². The number of benzene rings is 1. The van der Waals surface area contributed by atoms with E-state index in [0.717, 1.165) is 16.8 Å². The minimum Gasteiger partial charge on any atom is -0.508 e. The molecule has 134 valence electrons. The highest BCUT2D eigenvalue weighted by Crippen LogP contribution is 2.40. The zero-order chi connectivity index (χ0) is 18.5. The lowest BCUT2D eigenvalue weighted by Crippen LogP contribution is -2.25. The average Bonchev–Trinajstić information content (AvgIpc) is 3.25. The first-order valence-electron chi connectivity index (χ1n) is 8.44. The van der Waals surface area contributed by atoms with Crippen LogP contribution in [0, 0.1) is 6.92 Å². The van der Waals surface area contributed by atoms with Crippen LogP contribution < -0.4 is 5.32 Å². The Morgan fingerprint density at radius 1 is 1.26 bits per heavy atom. The van der Waals surface area contributed by atoms with Gasteiger partial charge in [-0.3, -0.25) is 4.79 Å². The molecule has 9 nitrogen and oxygen atoms in total. The fourth-order valence-electron chi connectivity index (χ4n) is 3.64. The van der Waals surface area contributed by atoms with Crippen LogP contribution in [0.1, 0.15) is 29.2 Å². The summed E-state index contributed by atoms with van der Waals surface area (Å²) >= 11 is 0. The maximum Gasteiger partial charge on any atom is 0.226 e. The van der Waals surface area contributed by atoms with E-state index in [1.165, 1.54) is 6.33 Å². The molecule has 3 N–H and O–H groups in total. The Balaban J connectivity index is 1.73. The van der Waals surface area contributed by atoms with Crippen LogP contribution in [0.15, 0.2) is 36.9 Å². The molecular formula is C18H15N7O2. The Bertz CT molecular complexity index is 1190. The number of amides is 1. The van der Waals surface area contributed by atoms with E-state index in [1.807, 2.05) is 13.0 Å². The number of imidazole rings is 1. The topological polar surface area (TPSA) is 122 Å². The second-order valence-corrected chi connectivity index (χ2v) is 6.46. The summed E-state index contributed by atoms with van der Waals surface area (Å²) in [4.78, 5) is 28.1. The number of hydrogen-bond acceptors (Lipinski definition) is 6. The number of phenols is 1. The van der Waals surface area contributed by atoms with Crippen LogP contribution in [0.3, 0.4) is 0 Å². The van der Waals surface area contributed by atoms with Crippen molar-refractivity contribution in [2.75, 3.05) is 5.32 Å². The summed E-state index contributed by atoms with van der Waals surface area (Å²) in [7, 11) is 0. The van der Waals surface area contributed by atoms with Crippen molar-refractivity contribution in [1.82, 2.24) is 29.7 Å². The number of H-pyrrole nitrogens is 1. The molecular weight excluding hydrogens is 346 g/mol. The molecule has 0 unspecified atom stereocenters. The van der Waals surface area contributed by atoms with E-state index in [-0.39, 0.29) is 24.0 Å². The predicted molar refractivity (Wildman–Crippen MR) is 96.7 cm³/mol. The van der Waals surface area contributed by atoms with Crippen LogP contribution in [0.5, 0.6) is 5.75 Å². The second kappa shape index (κ2) is 5.63. The number of anilines is 1. The summed E-state index contributed by atoms with van der Waals surface area (Å²) in [5.74, 6) is 0.936. The first-order valence-corrected chi connectivity index (χ1v) is 8.44. The Morgan fingerprint density at radius 2 is 2.15 bits per heavy atom. The summed E-state index contributed by atoms with van der Waals surface area (Å²) in [6.07, 6.45) is 3.24. The van der Waals surface area contributed by atoms with Gasteiger partial charge in [-0.05, 0) is 24.6 Å². The van der Waals surface area contributed by atoms with Crippen LogP contribution >= 0.6 is 0 Å². The van der Waals surface area contributed by atoms with E-state index in [0.29, 0.717) is 22.8 Å². The highest BCUT2D eigenvalue weighted by atomic mass is 16.3. The quantitative estimate of drug-likeness (QED) is 0.502. The van der Waals surface area contributed by atoms with Crippen molar-refractivity contribution in [3.63, 3.8) is 0 Å². The third-order valence-electron chi connectivity index (χ3n) is 4.78. The van der Waals surface area contributed by atoms with Crippen molar-refractivity contribution in [3.05, 3.63) is 53.7 Å². The second-order valence-electron chi connectivity index (χ2n) is 6.46. The Labute approximate surface area is 153 Å². The molecule has 9 heteroatoms. The van der Waals surface area contributed by atoms with Crippen molar-refractivity contribution in [2.45, 2.75) is 19.3 Å². The molecule has 4 aromatic rings. The fraction of sp³-hybridized carbons (Fsp3) is 0.167. The zero-order valence-electron chi connectivity index (χ0n) is 14.3. The van der Waals surface area contributed by atoms with Crippen molar-refractivity contribution >= 4 is 22.9 Å². The number of aromatic hydroxyl groups is 1. The lowest BCUT2D eigenvalue weighted by molar-refractivity contribution is -0.116. The Hall–Kier alpha value is -3.75. The first kappa shape index (κ1) is 15.5. The molecule has 5 rings (SSSR count). The summed E-state index contributed by atoms with van der Waals surface area (Å²) in [6, 6.07) is 6.97. The smallest absolute Gasteiger partial charge is 0.226 e. The summed E-state index contributed by atoms with van der Waals surface area (Å²) in [6.45, 7) is 1.90. The molecule has 1 aliphatic heterocycles. The number of fused-ring (bicyclic) bond motifs is 2. The summed E-state index contributed by atoms with van der Waals surface area (Å²) < 4.78 is 1.61. The van der Waals surface area contributed by atoms with E-state index in [9.17, 15) is 9.90 Å². The monoisotopic (exact) mass is 361 g/mol. The normalized spacial score (nSPS) is 16.3. The summed E-state index contributed by atoms with van der Waals surface area (Å²) in [5.41, 5.74) is 3.71. The van der Waals surface area contributed by atoms with Gasteiger partial charge in [-0.25, -0.2) is 15.0 Å². The van der Waals surface area contributed by atoms with Crippen LogP contribution in [0.2, 0.25) is 0 Å². The highest BCUT2D eigenvalue weighted by molar-refractivity contribution is 5.95. The van der Waals surface area contributed by atoms with Crippen molar-refractivity contribution in [1.29, 1.82) is 0 Å². The summed E-state index contributed by atoms with van der Waals surface area (Å²) in [5, 5.41) is 17.4. The van der Waals surface area contributed by atoms with Gasteiger partial charge in [-0.2, -0.15) is 9.78 Å². The SMILES string of the molecule is Cc1nn(-c2ncnc3nc[nH]c23)c2c1[C@@H](c1cccc(O)c1)CC(=O)N2. The standard InChI is InChI=1S/C18H15N7O2/c1-9-14-12(10-3-2-4-11(26)5-10)6-13(27)23-17(14)25(24-9)18-15-16(20-7-19-15)21-8-22-18/h2-5,7-8,12,26H,6H2,1H3,(H,23,27)(H,19,20,21,22)/t12-/m1/s1. The number of nitrogens with zero attached hydrogens (tertiary/aromatic N) is 5. The lowest BCUT2D eigenvalue weighted by Gasteiger charge is -2.24. The number of aromatic amines is 1. The van der Waals surface area contributed by atoms with Gasteiger partial charge in [0.05, 0.1) is 12.0 Å². The van der Waals surface area contributed by atoms with Gasteiger partial charge in [-0.15, -0.1) is 0 Å². The fourth-order valence-corrected chi connectivity index (χ4v) is 3.64. The van der Waals surface area contributed by atoms with Gasteiger partial charge in [0.1, 0.15) is 23.4 Å². The van der Waals surface area contributed by atoms with Crippen molar-refractivity contribution < 1.29 is 9.90 Å². The molecule has 0 fully saturated rings. The molecule has 3 aromatic heterocycles. The maximum atomic E-state index is 12.4. The van der Waals surface area contributed by atoms with E-state index >= 15 is 0 Å². The predicted octanol–water partition coefficient (Wildman–Crippen LogP) is 2.03. The molecule has 1 amide bonds. The van der Waals surface area contributed by atoms with Crippen LogP contribution in [-0.4, -0.2) is 40.7 Å². The van der Waals surface area contributed by atoms with E-state index < -0.39 is 0 Å². The number of phenolic OH excluding ortho intramolecular Hbond substituents is 1. The number of nitrogens with one attached hydrogen (secondary N) is 2. The Kier molecular flexibility index (Phi) is 3.23. The molecule has 27 heavy (non-hydrogen) atoms. The minimum absolute atomic E-state index is 0.119. The minimum atomic E-state index is -0.200. The molecule has 0 bridgehead atoms. The molecule has 0 saturated heterocycles. The number of carbonyl (C=O) groups is 1. The zero-order valence-corrected chi connectivity index (χ0v) is 14.3. The van der Waals surface area contributed by atoms with Crippen LogP contribution in [0.25, 0.3) is 17.0 Å². The average molecular weight is 361 g/mol. The van der Waals surface area contributed by atoms with Crippen LogP contribution in [-0.2, 0) is 4.79 Å². The third-order valence-corrected chi connectivity index (χ3v) is 4.78. The molecule has 1 atom stereocenters. The van der Waals surface area contributed by atoms with Gasteiger partial charge in [0, 0.05) is 17.9 Å². The molecule has 0 radical (unpaired) electrons. The highest BCUT2D eigenvalue weighted by Gasteiger charge is 2.33. The van der Waals surface area contributed by atoms with Gasteiger partial charge in [0.2, 0.25) is 5.91 Å².